The molecule has 0 amide bonds. The minimum absolute atomic E-state index is 0. The fourth-order valence-electron chi connectivity index (χ4n) is 5.25. The van der Waals surface area contributed by atoms with Crippen LogP contribution in [-0.2, 0) is 11.8 Å². The molecule has 6 rings (SSSR count). The first kappa shape index (κ1) is 36.8. The van der Waals surface area contributed by atoms with E-state index in [1.54, 1.807) is 0 Å². The molecule has 0 aromatic heterocycles. The predicted molar refractivity (Wildman–Crippen MR) is 208 cm³/mol. The van der Waals surface area contributed by atoms with E-state index in [-0.39, 0.29) is 12.8 Å². The molecule has 0 nitrogen and oxygen atoms in total. The van der Waals surface area contributed by atoms with Crippen molar-refractivity contribution >= 4 is 0 Å². The number of rotatable bonds is 5. The van der Waals surface area contributed by atoms with Crippen LogP contribution in [-0.4, -0.2) is 0 Å². The van der Waals surface area contributed by atoms with Crippen LogP contribution < -0.4 is 0 Å². The van der Waals surface area contributed by atoms with Crippen LogP contribution in [0.25, 0.3) is 11.1 Å². The highest BCUT2D eigenvalue weighted by Gasteiger charge is 2.22. The lowest BCUT2D eigenvalue weighted by Crippen LogP contribution is -2.18. The Hall–Kier alpha value is -4.68. The van der Waals surface area contributed by atoms with Crippen LogP contribution >= 0.6 is 0 Å². The lowest BCUT2D eigenvalue weighted by Gasteiger charge is -2.26. The first-order valence-corrected chi connectivity index (χ1v) is 16.4. The summed E-state index contributed by atoms with van der Waals surface area (Å²) in [5, 5.41) is 0. The summed E-state index contributed by atoms with van der Waals surface area (Å²) in [6.07, 6.45) is 1.03. The quantitative estimate of drug-likeness (QED) is 0.180. The molecular weight excluding hydrogens is 565 g/mol. The van der Waals surface area contributed by atoms with E-state index in [0.29, 0.717) is 0 Å². The zero-order valence-electron chi connectivity index (χ0n) is 29.1. The third-order valence-corrected chi connectivity index (χ3v) is 8.63. The van der Waals surface area contributed by atoms with E-state index in [0.717, 1.165) is 6.42 Å². The largest absolute Gasteiger partial charge is 0.0776 e. The predicted octanol–water partition coefficient (Wildman–Crippen LogP) is 13.1. The van der Waals surface area contributed by atoms with Crippen LogP contribution in [0.4, 0.5) is 0 Å². The Morgan fingerprint density at radius 2 is 0.532 bits per heavy atom. The summed E-state index contributed by atoms with van der Waals surface area (Å²) in [6, 6.07) is 52.4. The van der Waals surface area contributed by atoms with Gasteiger partial charge in [-0.15, -0.1) is 0 Å². The highest BCUT2D eigenvalue weighted by Crippen LogP contribution is 2.31. The van der Waals surface area contributed by atoms with E-state index in [9.17, 15) is 0 Å². The van der Waals surface area contributed by atoms with Crippen molar-refractivity contribution in [2.24, 2.45) is 0 Å². The minimum atomic E-state index is 0. The molecule has 6 aromatic rings. The van der Waals surface area contributed by atoms with Gasteiger partial charge in [0.15, 0.2) is 0 Å². The molecule has 0 bridgehead atoms. The van der Waals surface area contributed by atoms with Crippen molar-refractivity contribution in [3.8, 4) is 11.1 Å². The smallest absolute Gasteiger partial charge is 0.0146 e. The topological polar surface area (TPSA) is 0 Å². The van der Waals surface area contributed by atoms with Crippen LogP contribution in [0, 0.1) is 41.5 Å². The lowest BCUT2D eigenvalue weighted by molar-refractivity contribution is 0.640. The molecule has 0 saturated carbocycles. The van der Waals surface area contributed by atoms with Crippen molar-refractivity contribution in [3.05, 3.63) is 201 Å². The maximum Gasteiger partial charge on any atom is 0.0146 e. The van der Waals surface area contributed by atoms with Gasteiger partial charge in [-0.25, -0.2) is 0 Å². The van der Waals surface area contributed by atoms with Gasteiger partial charge in [-0.1, -0.05) is 200 Å². The SMILES string of the molecule is C.Cc1ccc(-c2ccc(C)cc2)cc1.Cc1ccc(C(C)(C)c2ccc(C)cc2)cc1.Cc1ccc(Cc2ccc(C)cc2)cc1. The lowest BCUT2D eigenvalue weighted by atomic mass is 9.78. The summed E-state index contributed by atoms with van der Waals surface area (Å²) >= 11 is 0. The fraction of sp³-hybridized carbons (Fsp3) is 0.234. The normalized spacial score (nSPS) is 10.5. The molecule has 6 aromatic carbocycles. The van der Waals surface area contributed by atoms with Gasteiger partial charge in [-0.2, -0.15) is 0 Å². The zero-order chi connectivity index (χ0) is 33.1. The van der Waals surface area contributed by atoms with E-state index < -0.39 is 0 Å². The third-order valence-electron chi connectivity index (χ3n) is 8.63. The maximum absolute atomic E-state index is 2.28. The average molecular weight is 619 g/mol. The highest BCUT2D eigenvalue weighted by molar-refractivity contribution is 5.63. The Bertz CT molecular complexity index is 1610. The molecule has 47 heavy (non-hydrogen) atoms. The van der Waals surface area contributed by atoms with Crippen molar-refractivity contribution in [3.63, 3.8) is 0 Å². The number of hydrogen-bond donors (Lipinski definition) is 0. The van der Waals surface area contributed by atoms with Gasteiger partial charge in [0, 0.05) is 5.41 Å². The summed E-state index contributed by atoms with van der Waals surface area (Å²) in [5.74, 6) is 0. The standard InChI is InChI=1S/C17H20.C15H16.C14H14.CH4/c1-13-5-9-15(10-6-13)17(3,4)16-11-7-14(2)8-12-16;1-12-3-7-14(8-4-12)11-15-9-5-13(2)6-10-15;1-11-3-7-13(8-4-11)14-9-5-12(2)6-10-14;/h5-12H,1-4H3;3-10H,11H2,1-2H3;3-10H,1-2H3;1H4. The number of benzene rings is 6. The molecule has 0 heterocycles. The maximum atomic E-state index is 2.28. The molecule has 0 saturated heterocycles. The molecule has 0 radical (unpaired) electrons. The van der Waals surface area contributed by atoms with Crippen molar-refractivity contribution in [1.82, 2.24) is 0 Å². The molecule has 0 fully saturated rings. The monoisotopic (exact) mass is 618 g/mol. The molecule has 0 heteroatoms. The van der Waals surface area contributed by atoms with Crippen LogP contribution in [0.3, 0.4) is 0 Å². The molecule has 0 aliphatic carbocycles. The average Bonchev–Trinajstić information content (AvgIpc) is 3.05. The van der Waals surface area contributed by atoms with E-state index in [4.69, 9.17) is 0 Å². The molecule has 0 aliphatic rings. The summed E-state index contributed by atoms with van der Waals surface area (Å²) in [4.78, 5) is 0. The van der Waals surface area contributed by atoms with E-state index in [1.165, 1.54) is 66.8 Å². The molecule has 0 spiro atoms. The van der Waals surface area contributed by atoms with Crippen LogP contribution in [0.2, 0.25) is 0 Å². The molecule has 0 atom stereocenters. The van der Waals surface area contributed by atoms with Gasteiger partial charge in [0.2, 0.25) is 0 Å². The summed E-state index contributed by atoms with van der Waals surface area (Å²) < 4.78 is 0. The molecular formula is C47H54. The Balaban J connectivity index is 0.000000190. The van der Waals surface area contributed by atoms with Crippen LogP contribution in [0.15, 0.2) is 146 Å². The van der Waals surface area contributed by atoms with Gasteiger partial charge in [0.25, 0.3) is 0 Å². The van der Waals surface area contributed by atoms with Gasteiger partial charge in [-0.3, -0.25) is 0 Å². The molecule has 0 aliphatic heterocycles. The summed E-state index contributed by atoms with van der Waals surface area (Å²) in [7, 11) is 0. The van der Waals surface area contributed by atoms with Gasteiger partial charge < -0.3 is 0 Å². The second-order valence-electron chi connectivity index (χ2n) is 13.2. The fourth-order valence-corrected chi connectivity index (χ4v) is 5.25. The summed E-state index contributed by atoms with van der Waals surface area (Å²) in [5.41, 5.74) is 16.0. The van der Waals surface area contributed by atoms with Gasteiger partial charge >= 0.3 is 0 Å². The van der Waals surface area contributed by atoms with Crippen LogP contribution in [0.1, 0.15) is 76.9 Å². The van der Waals surface area contributed by atoms with Crippen molar-refractivity contribution < 1.29 is 0 Å². The number of hydrogen-bond acceptors (Lipinski definition) is 0. The van der Waals surface area contributed by atoms with Gasteiger partial charge in [0.05, 0.1) is 0 Å². The van der Waals surface area contributed by atoms with Gasteiger partial charge in [0.1, 0.15) is 0 Å². The first-order valence-electron chi connectivity index (χ1n) is 16.4. The zero-order valence-corrected chi connectivity index (χ0v) is 29.1. The Labute approximate surface area is 286 Å². The first-order chi connectivity index (χ1) is 22.0. The highest BCUT2D eigenvalue weighted by atomic mass is 14.3. The Morgan fingerprint density at radius 1 is 0.319 bits per heavy atom. The number of aryl methyl sites for hydroxylation is 6. The van der Waals surface area contributed by atoms with Crippen molar-refractivity contribution in [2.75, 3.05) is 0 Å². The molecule has 242 valence electrons. The second-order valence-corrected chi connectivity index (χ2v) is 13.2. The Kier molecular flexibility index (Phi) is 13.5. The second kappa shape index (κ2) is 17.3. The van der Waals surface area contributed by atoms with E-state index in [1.807, 2.05) is 0 Å². The van der Waals surface area contributed by atoms with Crippen LogP contribution in [0.5, 0.6) is 0 Å². The molecule has 0 N–H and O–H groups in total. The van der Waals surface area contributed by atoms with Crippen molar-refractivity contribution in [1.29, 1.82) is 0 Å². The Morgan fingerprint density at radius 3 is 0.787 bits per heavy atom. The van der Waals surface area contributed by atoms with E-state index in [2.05, 4.69) is 201 Å². The van der Waals surface area contributed by atoms with Gasteiger partial charge in [-0.05, 0) is 81.3 Å². The third kappa shape index (κ3) is 11.3. The van der Waals surface area contributed by atoms with Crippen molar-refractivity contribution in [2.45, 2.75) is 74.7 Å². The van der Waals surface area contributed by atoms with E-state index >= 15 is 0 Å². The minimum Gasteiger partial charge on any atom is -0.0776 e. The summed E-state index contributed by atoms with van der Waals surface area (Å²) in [6.45, 7) is 17.3. The molecule has 0 unspecified atom stereocenters.